The number of aryl methyl sites for hydroxylation is 1. The van der Waals surface area contributed by atoms with E-state index in [4.69, 9.17) is 10.2 Å². The first-order valence-corrected chi connectivity index (χ1v) is 7.04. The number of rotatable bonds is 2. The van der Waals surface area contributed by atoms with Crippen LogP contribution >= 0.6 is 0 Å². The molecule has 0 unspecified atom stereocenters. The molecule has 0 atom stereocenters. The lowest BCUT2D eigenvalue weighted by Gasteiger charge is -2.31. The molecule has 5 heteroatoms. The molecule has 1 aromatic heterocycles. The minimum atomic E-state index is -0.729. The molecule has 3 rings (SSSR count). The number of aromatic nitrogens is 1. The van der Waals surface area contributed by atoms with Gasteiger partial charge in [-0.3, -0.25) is 4.79 Å². The molecule has 0 aliphatic heterocycles. The summed E-state index contributed by atoms with van der Waals surface area (Å²) in [6, 6.07) is 5.45. The van der Waals surface area contributed by atoms with Crippen molar-refractivity contribution in [3.63, 3.8) is 0 Å². The Hall–Kier alpha value is -1.88. The fraction of sp³-hybridized carbons (Fsp3) is 0.467. The molecule has 3 N–H and O–H groups in total. The zero-order chi connectivity index (χ0) is 14.2. The number of carbonyl (C=O) groups excluding carboxylic acids is 1. The number of fused-ring (bicyclic) bond motifs is 1. The van der Waals surface area contributed by atoms with E-state index in [-0.39, 0.29) is 5.91 Å². The summed E-state index contributed by atoms with van der Waals surface area (Å²) >= 11 is 0. The molecule has 1 aliphatic carbocycles. The maximum atomic E-state index is 12.4. The van der Waals surface area contributed by atoms with Crippen LogP contribution in [0.2, 0.25) is 0 Å². The Kier molecular flexibility index (Phi) is 3.22. The van der Waals surface area contributed by atoms with E-state index in [2.05, 4.69) is 10.3 Å². The molecule has 0 saturated heterocycles. The third-order valence-electron chi connectivity index (χ3n) is 3.95. The second-order valence-corrected chi connectivity index (χ2v) is 5.59. The van der Waals surface area contributed by atoms with Crippen LogP contribution in [0.5, 0.6) is 0 Å². The van der Waals surface area contributed by atoms with Crippen LogP contribution in [0.4, 0.5) is 5.69 Å². The van der Waals surface area contributed by atoms with Gasteiger partial charge in [0.05, 0.1) is 5.54 Å². The van der Waals surface area contributed by atoms with E-state index in [9.17, 15) is 4.79 Å². The first-order valence-electron chi connectivity index (χ1n) is 7.04. The lowest BCUT2D eigenvalue weighted by molar-refractivity contribution is -0.122. The Labute approximate surface area is 117 Å². The fourth-order valence-electron chi connectivity index (χ4n) is 2.79. The van der Waals surface area contributed by atoms with Gasteiger partial charge in [0.2, 0.25) is 5.91 Å². The van der Waals surface area contributed by atoms with Crippen molar-refractivity contribution in [1.29, 1.82) is 0 Å². The Morgan fingerprint density at radius 3 is 2.85 bits per heavy atom. The maximum Gasteiger partial charge on any atom is 0.244 e. The minimum absolute atomic E-state index is 0.100. The summed E-state index contributed by atoms with van der Waals surface area (Å²) in [7, 11) is 0. The van der Waals surface area contributed by atoms with Crippen LogP contribution in [0.15, 0.2) is 22.6 Å². The van der Waals surface area contributed by atoms with E-state index in [0.29, 0.717) is 11.6 Å². The van der Waals surface area contributed by atoms with Gasteiger partial charge < -0.3 is 15.5 Å². The number of nitrogens with one attached hydrogen (secondary N) is 1. The molecule has 1 saturated carbocycles. The molecule has 106 valence electrons. The number of nitrogens with two attached hydrogens (primary N) is 1. The molecule has 5 nitrogen and oxygen atoms in total. The van der Waals surface area contributed by atoms with Gasteiger partial charge in [0.25, 0.3) is 0 Å². The lowest BCUT2D eigenvalue weighted by atomic mass is 9.82. The van der Waals surface area contributed by atoms with Crippen LogP contribution in [-0.4, -0.2) is 16.4 Å². The van der Waals surface area contributed by atoms with E-state index in [1.165, 1.54) is 0 Å². The Balaban J connectivity index is 1.79. The van der Waals surface area contributed by atoms with E-state index in [1.807, 2.05) is 18.2 Å². The predicted octanol–water partition coefficient (Wildman–Crippen LogP) is 2.74. The maximum absolute atomic E-state index is 12.4. The Morgan fingerprint density at radius 2 is 2.10 bits per heavy atom. The van der Waals surface area contributed by atoms with E-state index < -0.39 is 5.54 Å². The number of anilines is 1. The predicted molar refractivity (Wildman–Crippen MR) is 77.4 cm³/mol. The van der Waals surface area contributed by atoms with E-state index >= 15 is 0 Å². The molecule has 0 spiro atoms. The summed E-state index contributed by atoms with van der Waals surface area (Å²) in [5.74, 6) is 0.516. The molecule has 20 heavy (non-hydrogen) atoms. The molecule has 1 fully saturated rings. The molecular formula is C15H19N3O2. The molecule has 0 radical (unpaired) electrons. The van der Waals surface area contributed by atoms with Gasteiger partial charge in [0.1, 0.15) is 5.52 Å². The highest BCUT2D eigenvalue weighted by molar-refractivity contribution is 5.99. The second kappa shape index (κ2) is 4.90. The average Bonchev–Trinajstić information content (AvgIpc) is 2.79. The number of carbonyl (C=O) groups is 1. The summed E-state index contributed by atoms with van der Waals surface area (Å²) in [5, 5.41) is 2.91. The van der Waals surface area contributed by atoms with Crippen LogP contribution in [0.3, 0.4) is 0 Å². The number of hydrogen-bond donors (Lipinski definition) is 2. The first-order chi connectivity index (χ1) is 9.57. The molecular weight excluding hydrogens is 254 g/mol. The van der Waals surface area contributed by atoms with E-state index in [1.54, 1.807) is 6.92 Å². The third kappa shape index (κ3) is 2.41. The summed E-state index contributed by atoms with van der Waals surface area (Å²) in [6.07, 6.45) is 4.71. The fourth-order valence-corrected chi connectivity index (χ4v) is 2.79. The smallest absolute Gasteiger partial charge is 0.244 e. The third-order valence-corrected chi connectivity index (χ3v) is 3.95. The quantitative estimate of drug-likeness (QED) is 0.881. The van der Waals surface area contributed by atoms with Crippen LogP contribution in [0, 0.1) is 6.92 Å². The number of benzene rings is 1. The van der Waals surface area contributed by atoms with Crippen molar-refractivity contribution >= 4 is 22.7 Å². The Bertz CT molecular complexity index is 642. The van der Waals surface area contributed by atoms with Gasteiger partial charge in [-0.2, -0.15) is 0 Å². The van der Waals surface area contributed by atoms with Gasteiger partial charge in [-0.25, -0.2) is 4.98 Å². The van der Waals surface area contributed by atoms with Gasteiger partial charge >= 0.3 is 0 Å². The molecule has 1 heterocycles. The largest absolute Gasteiger partial charge is 0.441 e. The summed E-state index contributed by atoms with van der Waals surface area (Å²) in [6.45, 7) is 1.80. The number of oxazole rings is 1. The summed E-state index contributed by atoms with van der Waals surface area (Å²) < 4.78 is 5.42. The van der Waals surface area contributed by atoms with Crippen molar-refractivity contribution in [3.8, 4) is 0 Å². The van der Waals surface area contributed by atoms with Crippen molar-refractivity contribution in [2.75, 3.05) is 5.32 Å². The highest BCUT2D eigenvalue weighted by Gasteiger charge is 2.35. The zero-order valence-electron chi connectivity index (χ0n) is 11.6. The van der Waals surface area contributed by atoms with Crippen LogP contribution in [-0.2, 0) is 4.79 Å². The highest BCUT2D eigenvalue weighted by Crippen LogP contribution is 2.28. The van der Waals surface area contributed by atoms with Crippen LogP contribution < -0.4 is 11.1 Å². The topological polar surface area (TPSA) is 81.2 Å². The zero-order valence-corrected chi connectivity index (χ0v) is 11.6. The van der Waals surface area contributed by atoms with Crippen molar-refractivity contribution < 1.29 is 9.21 Å². The molecule has 1 amide bonds. The van der Waals surface area contributed by atoms with Gasteiger partial charge in [0.15, 0.2) is 11.5 Å². The van der Waals surface area contributed by atoms with Crippen LogP contribution in [0.25, 0.3) is 11.1 Å². The van der Waals surface area contributed by atoms with Gasteiger partial charge in [0, 0.05) is 12.6 Å². The van der Waals surface area contributed by atoms with Crippen molar-refractivity contribution in [2.24, 2.45) is 5.73 Å². The normalized spacial score (nSPS) is 18.1. The van der Waals surface area contributed by atoms with Crippen molar-refractivity contribution in [2.45, 2.75) is 44.6 Å². The van der Waals surface area contributed by atoms with Gasteiger partial charge in [-0.15, -0.1) is 0 Å². The standard InChI is InChI=1S/C15H19N3O2/c1-10-17-12-9-11(5-6-13(12)20-10)18-14(19)15(16)7-3-2-4-8-15/h5-6,9H,2-4,7-8,16H2,1H3,(H,18,19). The lowest BCUT2D eigenvalue weighted by Crippen LogP contribution is -2.52. The van der Waals surface area contributed by atoms with Crippen LogP contribution in [0.1, 0.15) is 38.0 Å². The molecule has 2 aromatic rings. The monoisotopic (exact) mass is 273 g/mol. The highest BCUT2D eigenvalue weighted by atomic mass is 16.3. The summed E-state index contributed by atoms with van der Waals surface area (Å²) in [4.78, 5) is 16.6. The number of amides is 1. The van der Waals surface area contributed by atoms with Gasteiger partial charge in [-0.1, -0.05) is 19.3 Å². The molecule has 0 bridgehead atoms. The minimum Gasteiger partial charge on any atom is -0.441 e. The van der Waals surface area contributed by atoms with E-state index in [0.717, 1.165) is 43.2 Å². The van der Waals surface area contributed by atoms with Crippen molar-refractivity contribution in [3.05, 3.63) is 24.1 Å². The number of nitrogens with zero attached hydrogens (tertiary/aromatic N) is 1. The number of hydrogen-bond acceptors (Lipinski definition) is 4. The summed E-state index contributed by atoms with van der Waals surface area (Å²) in [5.41, 5.74) is 7.67. The molecule has 1 aromatic carbocycles. The Morgan fingerprint density at radius 1 is 1.35 bits per heavy atom. The first kappa shape index (κ1) is 13.1. The van der Waals surface area contributed by atoms with Gasteiger partial charge in [-0.05, 0) is 31.0 Å². The SMILES string of the molecule is Cc1nc2cc(NC(=O)C3(N)CCCCC3)ccc2o1. The van der Waals surface area contributed by atoms with Crippen molar-refractivity contribution in [1.82, 2.24) is 4.98 Å². The second-order valence-electron chi connectivity index (χ2n) is 5.59. The average molecular weight is 273 g/mol. The molecule has 1 aliphatic rings.